The van der Waals surface area contributed by atoms with Crippen molar-refractivity contribution in [3.8, 4) is 11.1 Å². The van der Waals surface area contributed by atoms with Crippen molar-refractivity contribution in [2.45, 2.75) is 83.1 Å². The molecule has 0 saturated heterocycles. The third kappa shape index (κ3) is 9.19. The van der Waals surface area contributed by atoms with E-state index >= 15 is 0 Å². The number of carbonyl (C=O) groups is 2. The van der Waals surface area contributed by atoms with E-state index in [4.69, 9.17) is 0 Å². The number of carbonyl (C=O) groups excluding carboxylic acids is 2. The molecule has 0 spiro atoms. The first kappa shape index (κ1) is 38.8. The van der Waals surface area contributed by atoms with Gasteiger partial charge in [0, 0.05) is 37.9 Å². The van der Waals surface area contributed by atoms with E-state index in [1.807, 2.05) is 62.5 Å². The Balaban J connectivity index is 1.77. The van der Waals surface area contributed by atoms with Gasteiger partial charge in [-0.2, -0.15) is 20.5 Å². The van der Waals surface area contributed by atoms with Gasteiger partial charge in [0.15, 0.2) is 11.6 Å². The maximum Gasteiger partial charge on any atom is 0.186 e. The molecule has 2 aromatic rings. The molecule has 0 aliphatic heterocycles. The third-order valence-electron chi connectivity index (χ3n) is 8.60. The normalized spacial score (nSPS) is 16.5. The molecule has 0 amide bonds. The Kier molecular flexibility index (Phi) is 11.1. The van der Waals surface area contributed by atoms with Crippen LogP contribution >= 0.6 is 15.9 Å². The Labute approximate surface area is 308 Å². The highest BCUT2D eigenvalue weighted by Gasteiger charge is 2.35. The molecular formula is C42H50BBrN4O2. The first-order valence-corrected chi connectivity index (χ1v) is 17.9. The molecular weight excluding hydrogens is 683 g/mol. The van der Waals surface area contributed by atoms with Gasteiger partial charge in [0.05, 0.1) is 23.8 Å². The molecule has 0 saturated carbocycles. The maximum absolute atomic E-state index is 13.4. The predicted molar refractivity (Wildman–Crippen MR) is 213 cm³/mol. The van der Waals surface area contributed by atoms with Crippen molar-refractivity contribution in [1.82, 2.24) is 0 Å². The Hall–Kier alpha value is -4.04. The number of Topliss-reactive ketones (excluding diaryl/α,β-unsaturated/α-hetero) is 2. The topological polar surface area (TPSA) is 83.6 Å². The minimum atomic E-state index is -0.312. The zero-order valence-electron chi connectivity index (χ0n) is 31.9. The Morgan fingerprint density at radius 2 is 0.880 bits per heavy atom. The molecule has 0 atom stereocenters. The van der Waals surface area contributed by atoms with Crippen LogP contribution in [0.15, 0.2) is 131 Å². The molecule has 0 aromatic heterocycles. The van der Waals surface area contributed by atoms with Crippen LogP contribution in [-0.4, -0.2) is 19.4 Å². The molecule has 0 unspecified atom stereocenters. The highest BCUT2D eigenvalue weighted by molar-refractivity contribution is 9.10. The highest BCUT2D eigenvalue weighted by atomic mass is 79.9. The second-order valence-electron chi connectivity index (χ2n) is 17.3. The SMILES string of the molecule is Bc1ccc(/N=N/C=C2C=C(C(C)(C)C)C(=O)C(C(C)(C)C)=C2)c(-c2cc(Br)ccc2/N=N/C=C2C=C(C(C)(C)C)C(=O)C(C(C)(C)C)=C2)c1. The van der Waals surface area contributed by atoms with Crippen LogP contribution in [0.2, 0.25) is 0 Å². The lowest BCUT2D eigenvalue weighted by Crippen LogP contribution is -2.27. The largest absolute Gasteiger partial charge is 0.289 e. The summed E-state index contributed by atoms with van der Waals surface area (Å²) in [7, 11) is 2.04. The van der Waals surface area contributed by atoms with Gasteiger partial charge in [0.1, 0.15) is 7.85 Å². The number of nitrogens with zero attached hydrogens (tertiary/aromatic N) is 4. The summed E-state index contributed by atoms with van der Waals surface area (Å²) in [4.78, 5) is 26.8. The zero-order valence-corrected chi connectivity index (χ0v) is 33.5. The van der Waals surface area contributed by atoms with Crippen molar-refractivity contribution >= 4 is 52.2 Å². The molecule has 0 bridgehead atoms. The van der Waals surface area contributed by atoms with Gasteiger partial charge in [-0.25, -0.2) is 0 Å². The summed E-state index contributed by atoms with van der Waals surface area (Å²) in [6.07, 6.45) is 11.1. The molecule has 6 nitrogen and oxygen atoms in total. The minimum absolute atomic E-state index is 0.0828. The molecule has 0 N–H and O–H groups in total. The summed E-state index contributed by atoms with van der Waals surface area (Å²) >= 11 is 3.64. The van der Waals surface area contributed by atoms with Gasteiger partial charge < -0.3 is 0 Å². The quantitative estimate of drug-likeness (QED) is 0.226. The Morgan fingerprint density at radius 3 is 1.24 bits per heavy atom. The molecule has 0 heterocycles. The van der Waals surface area contributed by atoms with E-state index in [1.54, 1.807) is 12.4 Å². The lowest BCUT2D eigenvalue weighted by molar-refractivity contribution is -0.114. The summed E-state index contributed by atoms with van der Waals surface area (Å²) in [6, 6.07) is 11.9. The van der Waals surface area contributed by atoms with Crippen LogP contribution in [0.3, 0.4) is 0 Å². The first-order chi connectivity index (χ1) is 23.0. The van der Waals surface area contributed by atoms with E-state index in [-0.39, 0.29) is 33.2 Å². The number of rotatable bonds is 5. The van der Waals surface area contributed by atoms with Gasteiger partial charge in [0.25, 0.3) is 0 Å². The van der Waals surface area contributed by atoms with Crippen LogP contribution < -0.4 is 5.46 Å². The molecule has 0 fully saturated rings. The number of ketones is 2. The molecule has 50 heavy (non-hydrogen) atoms. The smallest absolute Gasteiger partial charge is 0.186 e. The van der Waals surface area contributed by atoms with Crippen molar-refractivity contribution in [2.24, 2.45) is 42.1 Å². The van der Waals surface area contributed by atoms with Gasteiger partial charge >= 0.3 is 0 Å². The van der Waals surface area contributed by atoms with Crippen LogP contribution in [0.5, 0.6) is 0 Å². The van der Waals surface area contributed by atoms with Gasteiger partial charge in [-0.05, 0) is 81.4 Å². The molecule has 4 rings (SSSR count). The van der Waals surface area contributed by atoms with Crippen LogP contribution in [0.25, 0.3) is 11.1 Å². The lowest BCUT2D eigenvalue weighted by Gasteiger charge is -2.31. The van der Waals surface area contributed by atoms with E-state index < -0.39 is 0 Å². The Bertz CT molecular complexity index is 1760. The summed E-state index contributed by atoms with van der Waals surface area (Å²) < 4.78 is 0.893. The van der Waals surface area contributed by atoms with Crippen LogP contribution in [0.4, 0.5) is 11.4 Å². The van der Waals surface area contributed by atoms with Gasteiger partial charge in [0.2, 0.25) is 0 Å². The molecule has 260 valence electrons. The van der Waals surface area contributed by atoms with Crippen LogP contribution in [0, 0.1) is 21.7 Å². The lowest BCUT2D eigenvalue weighted by atomic mass is 9.72. The van der Waals surface area contributed by atoms with Gasteiger partial charge in [-0.15, -0.1) is 0 Å². The number of hydrogen-bond acceptors (Lipinski definition) is 6. The average Bonchev–Trinajstić information content (AvgIpc) is 2.97. The second-order valence-corrected chi connectivity index (χ2v) is 18.2. The number of halogens is 1. The fourth-order valence-electron chi connectivity index (χ4n) is 5.76. The summed E-state index contributed by atoms with van der Waals surface area (Å²) in [5.41, 5.74) is 7.57. The average molecular weight is 734 g/mol. The number of hydrogen-bond donors (Lipinski definition) is 0. The van der Waals surface area contributed by atoms with Gasteiger partial charge in [-0.3, -0.25) is 9.59 Å². The second kappa shape index (κ2) is 14.3. The van der Waals surface area contributed by atoms with E-state index in [0.29, 0.717) is 11.4 Å². The fraction of sp³-hybridized carbons (Fsp3) is 0.381. The standard InChI is InChI=1S/C42H50BBrN4O2/c1-39(2,3)31-17-25(18-32(37(31)49)40(4,5)6)23-45-47-35-15-13-27(43)21-29(35)30-22-28(44)14-16-36(30)48-46-24-26-19-33(41(7,8)9)38(50)34(20-26)42(10,11)12/h13-24H,43H2,1-12H3/b47-45+,48-46+. The minimum Gasteiger partial charge on any atom is -0.289 e. The number of allylic oxidation sites excluding steroid dienone is 10. The van der Waals surface area contributed by atoms with Crippen molar-refractivity contribution in [2.75, 3.05) is 0 Å². The summed E-state index contributed by atoms with van der Waals surface area (Å²) in [5.74, 6) is 0.166. The van der Waals surface area contributed by atoms with E-state index in [1.165, 1.54) is 0 Å². The first-order valence-electron chi connectivity index (χ1n) is 17.1. The molecule has 2 aromatic carbocycles. The summed E-state index contributed by atoms with van der Waals surface area (Å²) in [6.45, 7) is 24.7. The van der Waals surface area contributed by atoms with Crippen LogP contribution in [0.1, 0.15) is 83.1 Å². The molecule has 2 aliphatic carbocycles. The van der Waals surface area contributed by atoms with E-state index in [0.717, 1.165) is 54.5 Å². The molecule has 2 aliphatic rings. The molecule has 0 radical (unpaired) electrons. The van der Waals surface area contributed by atoms with Crippen molar-refractivity contribution in [1.29, 1.82) is 0 Å². The maximum atomic E-state index is 13.4. The van der Waals surface area contributed by atoms with Crippen molar-refractivity contribution in [3.05, 3.63) is 111 Å². The monoisotopic (exact) mass is 732 g/mol. The number of benzene rings is 2. The molecule has 8 heteroatoms. The zero-order chi connectivity index (χ0) is 37.4. The summed E-state index contributed by atoms with van der Waals surface area (Å²) in [5, 5.41) is 18.4. The third-order valence-corrected chi connectivity index (χ3v) is 9.09. The van der Waals surface area contributed by atoms with Crippen LogP contribution in [-0.2, 0) is 9.59 Å². The van der Waals surface area contributed by atoms with Crippen molar-refractivity contribution in [3.63, 3.8) is 0 Å². The highest BCUT2D eigenvalue weighted by Crippen LogP contribution is 2.42. The van der Waals surface area contributed by atoms with Crippen molar-refractivity contribution < 1.29 is 9.59 Å². The number of azo groups is 2. The predicted octanol–water partition coefficient (Wildman–Crippen LogP) is 11.4. The van der Waals surface area contributed by atoms with Gasteiger partial charge in [-0.1, -0.05) is 117 Å². The fourth-order valence-corrected chi connectivity index (χ4v) is 6.12. The Morgan fingerprint density at radius 1 is 0.540 bits per heavy atom. The van der Waals surface area contributed by atoms with E-state index in [9.17, 15) is 9.59 Å². The van der Waals surface area contributed by atoms with E-state index in [2.05, 4.69) is 126 Å².